The molecule has 3 heteroatoms. The molecule has 3 nitrogen and oxygen atoms in total. The van der Waals surface area contributed by atoms with E-state index in [9.17, 15) is 0 Å². The third-order valence-corrected chi connectivity index (χ3v) is 5.01. The van der Waals surface area contributed by atoms with Crippen LogP contribution >= 0.6 is 0 Å². The summed E-state index contributed by atoms with van der Waals surface area (Å²) in [6.07, 6.45) is 7.43. The highest BCUT2D eigenvalue weighted by atomic mass is 16.5. The summed E-state index contributed by atoms with van der Waals surface area (Å²) in [4.78, 5) is 2.33. The molecule has 1 atom stereocenters. The summed E-state index contributed by atoms with van der Waals surface area (Å²) in [5.74, 6) is 0.970. The molecule has 0 aliphatic carbocycles. The summed E-state index contributed by atoms with van der Waals surface area (Å²) in [5, 5.41) is 3.43. The lowest BCUT2D eigenvalue weighted by Gasteiger charge is -2.24. The summed E-state index contributed by atoms with van der Waals surface area (Å²) in [6, 6.07) is 4.71. The first-order chi connectivity index (χ1) is 11.4. The number of benzene rings is 1. The molecule has 0 aromatic heterocycles. The molecule has 0 saturated carbocycles. The number of methoxy groups -OCH3 is 1. The molecule has 0 bridgehead atoms. The predicted octanol–water partition coefficient (Wildman–Crippen LogP) is 4.82. The van der Waals surface area contributed by atoms with Gasteiger partial charge in [0, 0.05) is 25.3 Å². The topological polar surface area (TPSA) is 24.5 Å². The van der Waals surface area contributed by atoms with E-state index in [0.29, 0.717) is 6.04 Å². The molecule has 0 fully saturated rings. The third-order valence-electron chi connectivity index (χ3n) is 5.01. The summed E-state index contributed by atoms with van der Waals surface area (Å²) in [5.41, 5.74) is 5.23. The Morgan fingerprint density at radius 1 is 1.25 bits per heavy atom. The Bertz CT molecular complexity index is 537. The lowest BCUT2D eigenvalue weighted by molar-refractivity contribution is 0.399. The van der Waals surface area contributed by atoms with E-state index >= 15 is 0 Å². The first kappa shape index (κ1) is 20.6. The molecule has 1 unspecified atom stereocenters. The van der Waals surface area contributed by atoms with Gasteiger partial charge < -0.3 is 15.0 Å². The van der Waals surface area contributed by atoms with Crippen molar-refractivity contribution in [1.29, 1.82) is 0 Å². The standard InChI is InChI=1S/C21H36N2O/c1-8-9-10-11-20(22-5)14-16(2)23(6)15-19-12-13-21(24-7)18(4)17(19)3/h12-14,20,22H,8-11,15H2,1-7H3/b16-14+. The second-order valence-electron chi connectivity index (χ2n) is 6.73. The van der Waals surface area contributed by atoms with E-state index in [1.165, 1.54) is 48.1 Å². The van der Waals surface area contributed by atoms with E-state index in [4.69, 9.17) is 4.74 Å². The van der Waals surface area contributed by atoms with Gasteiger partial charge in [-0.2, -0.15) is 0 Å². The number of hydrogen-bond donors (Lipinski definition) is 1. The fourth-order valence-corrected chi connectivity index (χ4v) is 2.97. The zero-order valence-corrected chi connectivity index (χ0v) is 16.7. The van der Waals surface area contributed by atoms with Crippen LogP contribution in [0.4, 0.5) is 0 Å². The Kier molecular flexibility index (Phi) is 8.91. The molecule has 0 aliphatic rings. The third kappa shape index (κ3) is 5.86. The van der Waals surface area contributed by atoms with Crippen molar-refractivity contribution in [2.24, 2.45) is 0 Å². The van der Waals surface area contributed by atoms with Crippen LogP contribution in [0.25, 0.3) is 0 Å². The highest BCUT2D eigenvalue weighted by Crippen LogP contribution is 2.25. The van der Waals surface area contributed by atoms with E-state index in [0.717, 1.165) is 12.3 Å². The summed E-state index contributed by atoms with van der Waals surface area (Å²) in [7, 11) is 5.96. The quantitative estimate of drug-likeness (QED) is 0.622. The molecule has 0 heterocycles. The van der Waals surface area contributed by atoms with Crippen LogP contribution in [0.2, 0.25) is 0 Å². The van der Waals surface area contributed by atoms with Crippen molar-refractivity contribution >= 4 is 0 Å². The number of unbranched alkanes of at least 4 members (excludes halogenated alkanes) is 2. The van der Waals surface area contributed by atoms with Crippen LogP contribution in [0.15, 0.2) is 23.9 Å². The Morgan fingerprint density at radius 2 is 1.96 bits per heavy atom. The van der Waals surface area contributed by atoms with Crippen LogP contribution in [0.1, 0.15) is 56.2 Å². The van der Waals surface area contributed by atoms with E-state index < -0.39 is 0 Å². The molecule has 1 rings (SSSR count). The van der Waals surface area contributed by atoms with Gasteiger partial charge in [0.1, 0.15) is 5.75 Å². The number of allylic oxidation sites excluding steroid dienone is 1. The zero-order valence-electron chi connectivity index (χ0n) is 16.7. The molecular weight excluding hydrogens is 296 g/mol. The second kappa shape index (κ2) is 10.4. The number of hydrogen-bond acceptors (Lipinski definition) is 3. The van der Waals surface area contributed by atoms with Crippen molar-refractivity contribution in [1.82, 2.24) is 10.2 Å². The highest BCUT2D eigenvalue weighted by Gasteiger charge is 2.10. The number of rotatable bonds is 10. The molecule has 1 aromatic rings. The van der Waals surface area contributed by atoms with Crippen LogP contribution in [0, 0.1) is 13.8 Å². The van der Waals surface area contributed by atoms with Crippen LogP contribution < -0.4 is 10.1 Å². The number of nitrogens with one attached hydrogen (secondary N) is 1. The van der Waals surface area contributed by atoms with Crippen molar-refractivity contribution in [3.05, 3.63) is 40.6 Å². The van der Waals surface area contributed by atoms with Crippen molar-refractivity contribution in [3.8, 4) is 5.75 Å². The highest BCUT2D eigenvalue weighted by molar-refractivity contribution is 5.43. The van der Waals surface area contributed by atoms with E-state index in [-0.39, 0.29) is 0 Å². The van der Waals surface area contributed by atoms with Gasteiger partial charge in [0.25, 0.3) is 0 Å². The molecule has 24 heavy (non-hydrogen) atoms. The average molecular weight is 333 g/mol. The number of ether oxygens (including phenoxy) is 1. The Hall–Kier alpha value is -1.48. The molecule has 136 valence electrons. The molecule has 0 aliphatic heterocycles. The predicted molar refractivity (Wildman–Crippen MR) is 105 cm³/mol. The lowest BCUT2D eigenvalue weighted by Crippen LogP contribution is -2.25. The summed E-state index contributed by atoms with van der Waals surface area (Å²) < 4.78 is 5.41. The van der Waals surface area contributed by atoms with E-state index in [1.54, 1.807) is 7.11 Å². The van der Waals surface area contributed by atoms with Crippen molar-refractivity contribution in [2.45, 2.75) is 66.0 Å². The van der Waals surface area contributed by atoms with Gasteiger partial charge in [-0.05, 0) is 63.1 Å². The average Bonchev–Trinajstić information content (AvgIpc) is 2.58. The first-order valence-corrected chi connectivity index (χ1v) is 9.14. The summed E-state index contributed by atoms with van der Waals surface area (Å²) in [6.45, 7) is 9.69. The van der Waals surface area contributed by atoms with Crippen LogP contribution in [-0.2, 0) is 6.54 Å². The van der Waals surface area contributed by atoms with Gasteiger partial charge in [-0.25, -0.2) is 0 Å². The SMILES string of the molecule is CCCCCC(/C=C(\C)N(C)Cc1ccc(OC)c(C)c1C)NC. The van der Waals surface area contributed by atoms with Gasteiger partial charge in [-0.1, -0.05) is 32.3 Å². The lowest BCUT2D eigenvalue weighted by atomic mass is 10.0. The summed E-state index contributed by atoms with van der Waals surface area (Å²) >= 11 is 0. The monoisotopic (exact) mass is 332 g/mol. The van der Waals surface area contributed by atoms with E-state index in [2.05, 4.69) is 70.2 Å². The molecule has 1 aromatic carbocycles. The molecule has 1 N–H and O–H groups in total. The van der Waals surface area contributed by atoms with Gasteiger partial charge in [-0.3, -0.25) is 0 Å². The van der Waals surface area contributed by atoms with Gasteiger partial charge in [0.05, 0.1) is 7.11 Å². The van der Waals surface area contributed by atoms with Crippen LogP contribution in [0.3, 0.4) is 0 Å². The number of nitrogens with zero attached hydrogens (tertiary/aromatic N) is 1. The minimum absolute atomic E-state index is 0.456. The minimum atomic E-state index is 0.456. The van der Waals surface area contributed by atoms with Crippen molar-refractivity contribution < 1.29 is 4.74 Å². The molecule has 0 saturated heterocycles. The van der Waals surface area contributed by atoms with Gasteiger partial charge in [-0.15, -0.1) is 0 Å². The molecule has 0 spiro atoms. The maximum atomic E-state index is 5.41. The second-order valence-corrected chi connectivity index (χ2v) is 6.73. The Labute approximate surface area is 149 Å². The van der Waals surface area contributed by atoms with Crippen LogP contribution in [0.5, 0.6) is 5.75 Å². The Morgan fingerprint density at radius 3 is 2.54 bits per heavy atom. The van der Waals surface area contributed by atoms with Crippen molar-refractivity contribution in [2.75, 3.05) is 21.2 Å². The zero-order chi connectivity index (χ0) is 18.1. The van der Waals surface area contributed by atoms with Gasteiger partial charge in [0.2, 0.25) is 0 Å². The molecule has 0 amide bonds. The molecule has 0 radical (unpaired) electrons. The minimum Gasteiger partial charge on any atom is -0.496 e. The fraction of sp³-hybridized carbons (Fsp3) is 0.619. The largest absolute Gasteiger partial charge is 0.496 e. The van der Waals surface area contributed by atoms with E-state index in [1.807, 2.05) is 0 Å². The fourth-order valence-electron chi connectivity index (χ4n) is 2.97. The van der Waals surface area contributed by atoms with Gasteiger partial charge >= 0.3 is 0 Å². The smallest absolute Gasteiger partial charge is 0.122 e. The van der Waals surface area contributed by atoms with Crippen molar-refractivity contribution in [3.63, 3.8) is 0 Å². The maximum absolute atomic E-state index is 5.41. The normalized spacial score (nSPS) is 13.0. The maximum Gasteiger partial charge on any atom is 0.122 e. The first-order valence-electron chi connectivity index (χ1n) is 9.14. The molecular formula is C21H36N2O. The number of likely N-dealkylation sites (N-methyl/N-ethyl adjacent to an activating group) is 1. The Balaban J connectivity index is 2.77. The van der Waals surface area contributed by atoms with Gasteiger partial charge in [0.15, 0.2) is 0 Å². The van der Waals surface area contributed by atoms with Crippen LogP contribution in [-0.4, -0.2) is 32.1 Å².